The number of rotatable bonds is 3. The Kier molecular flexibility index (Phi) is 3.85. The van der Waals surface area contributed by atoms with E-state index in [1.165, 1.54) is 0 Å². The second-order valence-corrected chi connectivity index (χ2v) is 4.21. The van der Waals surface area contributed by atoms with E-state index in [1.807, 2.05) is 26.0 Å². The highest BCUT2D eigenvalue weighted by atomic mass is 35.5. The highest BCUT2D eigenvalue weighted by Crippen LogP contribution is 2.28. The number of halogens is 2. The average molecular weight is 230 g/mol. The zero-order valence-corrected chi connectivity index (χ0v) is 9.84. The molecule has 0 spiro atoms. The van der Waals surface area contributed by atoms with Crippen LogP contribution in [0.2, 0.25) is 10.0 Å². The fourth-order valence-electron chi connectivity index (χ4n) is 1.03. The lowest BCUT2D eigenvalue weighted by atomic mass is 10.2. The summed E-state index contributed by atoms with van der Waals surface area (Å²) in [6.45, 7) is 8.39. The molecule has 0 amide bonds. The molecule has 0 saturated heterocycles. The molecule has 0 unspecified atom stereocenters. The smallest absolute Gasteiger partial charge is 0.0641 e. The van der Waals surface area contributed by atoms with Crippen LogP contribution < -0.4 is 5.32 Å². The maximum Gasteiger partial charge on any atom is 0.0641 e. The third-order valence-electron chi connectivity index (χ3n) is 1.83. The fraction of sp³-hybridized carbons (Fsp3) is 0.273. The number of aryl methyl sites for hydroxylation is 1. The van der Waals surface area contributed by atoms with E-state index in [1.54, 1.807) is 0 Å². The van der Waals surface area contributed by atoms with Gasteiger partial charge in [-0.2, -0.15) is 0 Å². The molecular weight excluding hydrogens is 217 g/mol. The van der Waals surface area contributed by atoms with Gasteiger partial charge in [-0.25, -0.2) is 0 Å². The Balaban J connectivity index is 2.87. The van der Waals surface area contributed by atoms with Gasteiger partial charge in [-0.3, -0.25) is 0 Å². The zero-order chi connectivity index (χ0) is 10.7. The van der Waals surface area contributed by atoms with Crippen molar-refractivity contribution in [3.63, 3.8) is 0 Å². The number of anilines is 1. The van der Waals surface area contributed by atoms with Crippen LogP contribution in [0.1, 0.15) is 12.5 Å². The normalized spacial score (nSPS) is 10.0. The van der Waals surface area contributed by atoms with Gasteiger partial charge in [0.25, 0.3) is 0 Å². The first kappa shape index (κ1) is 11.4. The van der Waals surface area contributed by atoms with Crippen molar-refractivity contribution >= 4 is 28.9 Å². The Hall–Kier alpha value is -0.660. The van der Waals surface area contributed by atoms with Gasteiger partial charge in [0.05, 0.1) is 10.7 Å². The van der Waals surface area contributed by atoms with Gasteiger partial charge in [0, 0.05) is 11.6 Å². The maximum absolute atomic E-state index is 6.03. The van der Waals surface area contributed by atoms with Crippen LogP contribution >= 0.6 is 23.2 Å². The molecule has 0 heterocycles. The number of benzene rings is 1. The minimum absolute atomic E-state index is 0.688. The Bertz CT molecular complexity index is 359. The van der Waals surface area contributed by atoms with Gasteiger partial charge in [0.1, 0.15) is 0 Å². The van der Waals surface area contributed by atoms with E-state index in [9.17, 15) is 0 Å². The number of hydrogen-bond donors (Lipinski definition) is 1. The van der Waals surface area contributed by atoms with Gasteiger partial charge >= 0.3 is 0 Å². The SMILES string of the molecule is C=C(C)CNc1cc(Cl)c(C)cc1Cl. The molecule has 0 aliphatic carbocycles. The van der Waals surface area contributed by atoms with Crippen molar-refractivity contribution in [2.24, 2.45) is 0 Å². The van der Waals surface area contributed by atoms with Crippen molar-refractivity contribution in [1.29, 1.82) is 0 Å². The maximum atomic E-state index is 6.03. The van der Waals surface area contributed by atoms with Crippen LogP contribution in [-0.2, 0) is 0 Å². The van der Waals surface area contributed by atoms with Crippen LogP contribution in [0.5, 0.6) is 0 Å². The lowest BCUT2D eigenvalue weighted by molar-refractivity contribution is 1.21. The van der Waals surface area contributed by atoms with E-state index in [-0.39, 0.29) is 0 Å². The van der Waals surface area contributed by atoms with Gasteiger partial charge in [-0.05, 0) is 31.5 Å². The molecule has 3 heteroatoms. The van der Waals surface area contributed by atoms with Crippen molar-refractivity contribution in [2.75, 3.05) is 11.9 Å². The summed E-state index contributed by atoms with van der Waals surface area (Å²) in [4.78, 5) is 0. The van der Waals surface area contributed by atoms with E-state index in [2.05, 4.69) is 11.9 Å². The molecule has 0 aliphatic heterocycles. The summed E-state index contributed by atoms with van der Waals surface area (Å²) in [7, 11) is 0. The first-order valence-corrected chi connectivity index (χ1v) is 5.10. The molecule has 1 aromatic carbocycles. The van der Waals surface area contributed by atoms with Crippen LogP contribution in [0.3, 0.4) is 0 Å². The van der Waals surface area contributed by atoms with E-state index < -0.39 is 0 Å². The Morgan fingerprint density at radius 3 is 2.57 bits per heavy atom. The second kappa shape index (κ2) is 4.72. The number of nitrogens with one attached hydrogen (secondary N) is 1. The molecule has 0 aliphatic rings. The van der Waals surface area contributed by atoms with Crippen molar-refractivity contribution in [1.82, 2.24) is 0 Å². The lowest BCUT2D eigenvalue weighted by Gasteiger charge is -2.09. The van der Waals surface area contributed by atoms with Gasteiger partial charge in [0.15, 0.2) is 0 Å². The summed E-state index contributed by atoms with van der Waals surface area (Å²) in [5.74, 6) is 0. The van der Waals surface area contributed by atoms with Gasteiger partial charge in [0.2, 0.25) is 0 Å². The monoisotopic (exact) mass is 229 g/mol. The summed E-state index contributed by atoms with van der Waals surface area (Å²) in [5.41, 5.74) is 2.89. The molecule has 0 radical (unpaired) electrons. The molecule has 14 heavy (non-hydrogen) atoms. The molecule has 1 nitrogen and oxygen atoms in total. The van der Waals surface area contributed by atoms with E-state index in [0.29, 0.717) is 11.6 Å². The summed E-state index contributed by atoms with van der Waals surface area (Å²) >= 11 is 12.0. The van der Waals surface area contributed by atoms with Crippen LogP contribution in [0.15, 0.2) is 24.3 Å². The first-order chi connectivity index (χ1) is 6.50. The third kappa shape index (κ3) is 2.93. The summed E-state index contributed by atoms with van der Waals surface area (Å²) in [6, 6.07) is 3.69. The Morgan fingerprint density at radius 2 is 2.00 bits per heavy atom. The number of hydrogen-bond acceptors (Lipinski definition) is 1. The average Bonchev–Trinajstić information content (AvgIpc) is 2.09. The minimum atomic E-state index is 0.688. The molecule has 1 N–H and O–H groups in total. The second-order valence-electron chi connectivity index (χ2n) is 3.39. The van der Waals surface area contributed by atoms with Crippen LogP contribution in [0.4, 0.5) is 5.69 Å². The van der Waals surface area contributed by atoms with E-state index in [0.717, 1.165) is 21.8 Å². The van der Waals surface area contributed by atoms with Crippen molar-refractivity contribution < 1.29 is 0 Å². The molecular formula is C11H13Cl2N. The van der Waals surface area contributed by atoms with E-state index >= 15 is 0 Å². The topological polar surface area (TPSA) is 12.0 Å². The van der Waals surface area contributed by atoms with E-state index in [4.69, 9.17) is 23.2 Å². The fourth-order valence-corrected chi connectivity index (χ4v) is 1.48. The molecule has 1 rings (SSSR count). The predicted molar refractivity (Wildman–Crippen MR) is 64.5 cm³/mol. The van der Waals surface area contributed by atoms with Crippen molar-refractivity contribution in [3.8, 4) is 0 Å². The largest absolute Gasteiger partial charge is 0.380 e. The van der Waals surface area contributed by atoms with Gasteiger partial charge in [-0.1, -0.05) is 35.4 Å². The summed E-state index contributed by atoms with van der Waals surface area (Å²) in [6.07, 6.45) is 0. The Labute approximate surface area is 94.7 Å². The summed E-state index contributed by atoms with van der Waals surface area (Å²) < 4.78 is 0. The molecule has 0 atom stereocenters. The highest BCUT2D eigenvalue weighted by molar-refractivity contribution is 6.35. The van der Waals surface area contributed by atoms with Crippen LogP contribution in [0.25, 0.3) is 0 Å². The quantitative estimate of drug-likeness (QED) is 0.763. The van der Waals surface area contributed by atoms with Crippen LogP contribution in [0, 0.1) is 6.92 Å². The molecule has 0 fully saturated rings. The first-order valence-electron chi connectivity index (χ1n) is 4.34. The molecule has 0 saturated carbocycles. The molecule has 0 bridgehead atoms. The molecule has 76 valence electrons. The minimum Gasteiger partial charge on any atom is -0.380 e. The zero-order valence-electron chi connectivity index (χ0n) is 8.32. The Morgan fingerprint density at radius 1 is 1.36 bits per heavy atom. The standard InChI is InChI=1S/C11H13Cl2N/c1-7(2)6-14-11-5-9(12)8(3)4-10(11)13/h4-5,14H,1,6H2,2-3H3. The predicted octanol–water partition coefficient (Wildman–Crippen LogP) is 4.29. The summed E-state index contributed by atoms with van der Waals surface area (Å²) in [5, 5.41) is 4.57. The molecule has 0 aromatic heterocycles. The third-order valence-corrected chi connectivity index (χ3v) is 2.55. The van der Waals surface area contributed by atoms with Crippen molar-refractivity contribution in [2.45, 2.75) is 13.8 Å². The highest BCUT2D eigenvalue weighted by Gasteiger charge is 2.03. The van der Waals surface area contributed by atoms with Crippen molar-refractivity contribution in [3.05, 3.63) is 39.9 Å². The van der Waals surface area contributed by atoms with Gasteiger partial charge < -0.3 is 5.32 Å². The van der Waals surface area contributed by atoms with Gasteiger partial charge in [-0.15, -0.1) is 0 Å². The molecule has 1 aromatic rings. The van der Waals surface area contributed by atoms with Crippen LogP contribution in [-0.4, -0.2) is 6.54 Å². The lowest BCUT2D eigenvalue weighted by Crippen LogP contribution is -2.02.